The molecule has 0 fully saturated rings. The van der Waals surface area contributed by atoms with E-state index < -0.39 is 17.0 Å². The summed E-state index contributed by atoms with van der Waals surface area (Å²) in [4.78, 5) is 40.6. The number of nitrogens with zero attached hydrogens (tertiary/aromatic N) is 3. The molecule has 8 heteroatoms. The maximum atomic E-state index is 13.0. The summed E-state index contributed by atoms with van der Waals surface area (Å²) in [5.74, 6) is 0.192. The topological polar surface area (TPSA) is 102 Å². The van der Waals surface area contributed by atoms with E-state index in [-0.39, 0.29) is 23.8 Å². The second kappa shape index (κ2) is 9.32. The largest absolute Gasteiger partial charge is 0.384 e. The van der Waals surface area contributed by atoms with E-state index in [1.807, 2.05) is 26.0 Å². The van der Waals surface area contributed by atoms with Crippen LogP contribution in [-0.2, 0) is 26.7 Å². The van der Waals surface area contributed by atoms with Gasteiger partial charge in [-0.25, -0.2) is 4.79 Å². The number of hydrogen-bond donors (Lipinski definition) is 2. The van der Waals surface area contributed by atoms with Gasteiger partial charge in [0.25, 0.3) is 5.56 Å². The number of carbonyl (C=O) groups is 1. The highest BCUT2D eigenvalue weighted by Gasteiger charge is 2.27. The van der Waals surface area contributed by atoms with Crippen LogP contribution in [0.1, 0.15) is 56.1 Å². The molecule has 0 saturated heterocycles. The molecular weight excluding hydrogens is 406 g/mol. The van der Waals surface area contributed by atoms with Crippen LogP contribution >= 0.6 is 0 Å². The average molecular weight is 442 g/mol. The van der Waals surface area contributed by atoms with E-state index in [4.69, 9.17) is 5.73 Å². The summed E-state index contributed by atoms with van der Waals surface area (Å²) in [5.41, 5.74) is 8.15. The fraction of sp³-hybridized carbons (Fsp3) is 0.542. The van der Waals surface area contributed by atoms with E-state index in [2.05, 4.69) is 37.1 Å². The van der Waals surface area contributed by atoms with E-state index in [1.165, 1.54) is 22.7 Å². The zero-order valence-corrected chi connectivity index (χ0v) is 19.9. The normalized spacial score (nSPS) is 14.8. The molecule has 3 N–H and O–H groups in total. The highest BCUT2D eigenvalue weighted by atomic mass is 16.2. The molecule has 3 rings (SSSR count). The Balaban J connectivity index is 1.85. The van der Waals surface area contributed by atoms with Crippen LogP contribution in [0.25, 0.3) is 0 Å². The van der Waals surface area contributed by atoms with Crippen molar-refractivity contribution in [1.29, 1.82) is 0 Å². The number of anilines is 2. The Morgan fingerprint density at radius 2 is 1.81 bits per heavy atom. The summed E-state index contributed by atoms with van der Waals surface area (Å²) in [6.07, 6.45) is 0. The van der Waals surface area contributed by atoms with Crippen molar-refractivity contribution in [2.24, 2.45) is 18.9 Å². The van der Waals surface area contributed by atoms with E-state index in [1.54, 1.807) is 0 Å². The molecule has 0 radical (unpaired) electrons. The van der Waals surface area contributed by atoms with Crippen molar-refractivity contribution >= 4 is 17.3 Å². The molecule has 2 heterocycles. The first-order chi connectivity index (χ1) is 15.0. The molecule has 32 heavy (non-hydrogen) atoms. The van der Waals surface area contributed by atoms with Gasteiger partial charge in [-0.2, -0.15) is 0 Å². The van der Waals surface area contributed by atoms with Crippen LogP contribution in [0.4, 0.5) is 11.5 Å². The predicted octanol–water partition coefficient (Wildman–Crippen LogP) is 2.44. The van der Waals surface area contributed by atoms with Crippen LogP contribution in [0.2, 0.25) is 0 Å². The van der Waals surface area contributed by atoms with E-state index in [0.717, 1.165) is 23.3 Å². The first-order valence-electron chi connectivity index (χ1n) is 11.2. The first-order valence-corrected chi connectivity index (χ1v) is 11.2. The third-order valence-electron chi connectivity index (χ3n) is 6.40. The maximum Gasteiger partial charge on any atom is 0.332 e. The number of benzene rings is 1. The van der Waals surface area contributed by atoms with Crippen molar-refractivity contribution in [1.82, 2.24) is 14.0 Å². The molecular formula is C24H35N5O3. The van der Waals surface area contributed by atoms with Crippen LogP contribution in [-0.4, -0.2) is 32.4 Å². The first kappa shape index (κ1) is 23.8. The number of carbonyl (C=O) groups excluding carboxylic acids is 1. The predicted molar refractivity (Wildman–Crippen MR) is 128 cm³/mol. The minimum Gasteiger partial charge on any atom is -0.384 e. The molecule has 1 aliphatic rings. The molecule has 1 aliphatic heterocycles. The summed E-state index contributed by atoms with van der Waals surface area (Å²) in [5, 5.41) is 3.21. The summed E-state index contributed by atoms with van der Waals surface area (Å²) < 4.78 is 2.27. The lowest BCUT2D eigenvalue weighted by Crippen LogP contribution is -2.43. The second-order valence-corrected chi connectivity index (χ2v) is 9.52. The Labute approximate surface area is 189 Å². The monoisotopic (exact) mass is 441 g/mol. The molecule has 0 saturated carbocycles. The SMILES string of the molecule is CC(C)Cn1c(N)c(C(=O)CNc2cccc3c2CN(C(C)C(C)C)C3)c(=O)n(C)c1=O. The van der Waals surface area contributed by atoms with Crippen LogP contribution in [0.5, 0.6) is 0 Å². The lowest BCUT2D eigenvalue weighted by molar-refractivity contribution is 0.100. The molecule has 174 valence electrons. The lowest BCUT2D eigenvalue weighted by atomic mass is 10.1. The number of Topliss-reactive ketones (excluding diaryl/α,β-unsaturated/α-hetero) is 1. The molecule has 1 unspecified atom stereocenters. The molecule has 1 aromatic heterocycles. The number of fused-ring (bicyclic) bond motifs is 1. The number of ketones is 1. The number of aromatic nitrogens is 2. The van der Waals surface area contributed by atoms with Crippen LogP contribution in [0.3, 0.4) is 0 Å². The highest BCUT2D eigenvalue weighted by Crippen LogP contribution is 2.32. The average Bonchev–Trinajstić information content (AvgIpc) is 3.18. The second-order valence-electron chi connectivity index (χ2n) is 9.52. The minimum absolute atomic E-state index is 0.0613. The number of nitrogens with two attached hydrogens (primary N) is 1. The standard InChI is InChI=1S/C24H35N5O3/c1-14(2)11-29-22(25)21(23(31)27(6)24(29)32)20(30)10-26-19-9-7-8-17-12-28(13-18(17)19)16(5)15(3)4/h7-9,14-16,26H,10-13,25H2,1-6H3. The van der Waals surface area contributed by atoms with Gasteiger partial charge in [-0.05, 0) is 36.0 Å². The minimum atomic E-state index is -0.658. The zero-order chi connectivity index (χ0) is 23.7. The van der Waals surface area contributed by atoms with Gasteiger partial charge in [-0.3, -0.25) is 23.6 Å². The van der Waals surface area contributed by atoms with E-state index in [9.17, 15) is 14.4 Å². The van der Waals surface area contributed by atoms with Gasteiger partial charge >= 0.3 is 5.69 Å². The van der Waals surface area contributed by atoms with Gasteiger partial charge in [0.2, 0.25) is 0 Å². The summed E-state index contributed by atoms with van der Waals surface area (Å²) in [7, 11) is 1.37. The van der Waals surface area contributed by atoms with Crippen molar-refractivity contribution < 1.29 is 4.79 Å². The van der Waals surface area contributed by atoms with Crippen molar-refractivity contribution in [3.8, 4) is 0 Å². The molecule has 1 atom stereocenters. The Morgan fingerprint density at radius 3 is 2.44 bits per heavy atom. The number of hydrogen-bond acceptors (Lipinski definition) is 6. The summed E-state index contributed by atoms with van der Waals surface area (Å²) in [6, 6.07) is 6.49. The van der Waals surface area contributed by atoms with Gasteiger partial charge in [-0.15, -0.1) is 0 Å². The smallest absolute Gasteiger partial charge is 0.332 e. The molecule has 0 aliphatic carbocycles. The third kappa shape index (κ3) is 4.50. The fourth-order valence-electron chi connectivity index (χ4n) is 4.17. The van der Waals surface area contributed by atoms with Gasteiger partial charge in [0, 0.05) is 38.4 Å². The maximum absolute atomic E-state index is 13.0. The molecule has 8 nitrogen and oxygen atoms in total. The third-order valence-corrected chi connectivity index (χ3v) is 6.40. The lowest BCUT2D eigenvalue weighted by Gasteiger charge is -2.27. The van der Waals surface area contributed by atoms with Gasteiger partial charge in [0.05, 0.1) is 6.54 Å². The fourth-order valence-corrected chi connectivity index (χ4v) is 4.17. The summed E-state index contributed by atoms with van der Waals surface area (Å²) in [6.45, 7) is 12.5. The Bertz CT molecular complexity index is 1130. The molecule has 0 bridgehead atoms. The van der Waals surface area contributed by atoms with Gasteiger partial charge < -0.3 is 11.1 Å². The van der Waals surface area contributed by atoms with E-state index >= 15 is 0 Å². The van der Waals surface area contributed by atoms with Crippen LogP contribution < -0.4 is 22.3 Å². The molecule has 0 spiro atoms. The van der Waals surface area contributed by atoms with Gasteiger partial charge in [-0.1, -0.05) is 39.8 Å². The number of nitrogens with one attached hydrogen (secondary N) is 1. The van der Waals surface area contributed by atoms with Crippen LogP contribution in [0.15, 0.2) is 27.8 Å². The quantitative estimate of drug-likeness (QED) is 0.610. The Kier molecular flexibility index (Phi) is 6.93. The van der Waals surface area contributed by atoms with Gasteiger partial charge in [0.1, 0.15) is 11.4 Å². The molecule has 0 amide bonds. The van der Waals surface area contributed by atoms with Gasteiger partial charge in [0.15, 0.2) is 5.78 Å². The van der Waals surface area contributed by atoms with Crippen molar-refractivity contribution in [3.63, 3.8) is 0 Å². The number of rotatable bonds is 8. The zero-order valence-electron chi connectivity index (χ0n) is 19.9. The Hall–Kier alpha value is -2.87. The molecule has 2 aromatic rings. The van der Waals surface area contributed by atoms with Crippen LogP contribution in [0, 0.1) is 11.8 Å². The highest BCUT2D eigenvalue weighted by molar-refractivity contribution is 6.02. The number of nitrogen functional groups attached to an aromatic ring is 1. The Morgan fingerprint density at radius 1 is 1.12 bits per heavy atom. The van der Waals surface area contributed by atoms with Crippen molar-refractivity contribution in [3.05, 3.63) is 55.7 Å². The van der Waals surface area contributed by atoms with Crippen molar-refractivity contribution in [2.45, 2.75) is 60.3 Å². The van der Waals surface area contributed by atoms with Crippen molar-refractivity contribution in [2.75, 3.05) is 17.6 Å². The summed E-state index contributed by atoms with van der Waals surface area (Å²) >= 11 is 0. The van der Waals surface area contributed by atoms with E-state index in [0.29, 0.717) is 18.5 Å². The molecule has 1 aromatic carbocycles.